The van der Waals surface area contributed by atoms with Gasteiger partial charge < -0.3 is 10.2 Å². The molecule has 3 saturated heterocycles. The highest BCUT2D eigenvalue weighted by Crippen LogP contribution is 2.27. The quantitative estimate of drug-likeness (QED) is 0.803. The Hall–Kier alpha value is 0.0700. The van der Waals surface area contributed by atoms with Gasteiger partial charge in [0.1, 0.15) is 0 Å². The molecule has 1 N–H and O–H groups in total. The molecular formula is C13H24N2OS. The molecule has 0 aromatic rings. The first kappa shape index (κ1) is 12.1. The molecule has 3 aliphatic heterocycles. The highest BCUT2D eigenvalue weighted by Gasteiger charge is 2.32. The Bertz CT molecular complexity index is 287. The molecule has 4 heteroatoms. The molecule has 0 radical (unpaired) electrons. The fourth-order valence-electron chi connectivity index (χ4n) is 3.67. The van der Waals surface area contributed by atoms with E-state index < -0.39 is 10.8 Å². The number of hydrogen-bond acceptors (Lipinski definition) is 3. The second kappa shape index (κ2) is 5.37. The monoisotopic (exact) mass is 256 g/mol. The van der Waals surface area contributed by atoms with Crippen molar-refractivity contribution in [2.45, 2.75) is 56.7 Å². The van der Waals surface area contributed by atoms with Gasteiger partial charge in [0.05, 0.1) is 0 Å². The summed E-state index contributed by atoms with van der Waals surface area (Å²) in [6, 6.07) is 2.23. The molecule has 2 unspecified atom stereocenters. The van der Waals surface area contributed by atoms with Gasteiger partial charge in [0.15, 0.2) is 0 Å². The normalized spacial score (nSPS) is 43.5. The lowest BCUT2D eigenvalue weighted by Gasteiger charge is -2.37. The van der Waals surface area contributed by atoms with Crippen LogP contribution in [0.2, 0.25) is 0 Å². The van der Waals surface area contributed by atoms with E-state index in [1.54, 1.807) is 0 Å². The summed E-state index contributed by atoms with van der Waals surface area (Å²) >= 11 is 0. The highest BCUT2D eigenvalue weighted by atomic mass is 32.2. The van der Waals surface area contributed by atoms with Crippen molar-refractivity contribution in [3.05, 3.63) is 0 Å². The fourth-order valence-corrected chi connectivity index (χ4v) is 4.97. The van der Waals surface area contributed by atoms with E-state index in [1.807, 2.05) is 0 Å². The van der Waals surface area contributed by atoms with Crippen molar-refractivity contribution < 1.29 is 4.21 Å². The molecule has 3 aliphatic rings. The summed E-state index contributed by atoms with van der Waals surface area (Å²) in [5.41, 5.74) is 0. The molecular weight excluding hydrogens is 232 g/mol. The van der Waals surface area contributed by atoms with Crippen molar-refractivity contribution in [3.63, 3.8) is 0 Å². The van der Waals surface area contributed by atoms with Crippen LogP contribution in [0.25, 0.3) is 0 Å². The minimum absolute atomic E-state index is 0.520. The third kappa shape index (κ3) is 2.91. The van der Waals surface area contributed by atoms with Gasteiger partial charge in [-0.05, 0) is 51.6 Å². The molecule has 2 atom stereocenters. The van der Waals surface area contributed by atoms with Gasteiger partial charge >= 0.3 is 0 Å². The zero-order valence-electron chi connectivity index (χ0n) is 10.6. The van der Waals surface area contributed by atoms with Crippen LogP contribution in [0.15, 0.2) is 0 Å². The molecule has 17 heavy (non-hydrogen) atoms. The van der Waals surface area contributed by atoms with Crippen molar-refractivity contribution >= 4 is 10.8 Å². The molecule has 0 bridgehead atoms. The summed E-state index contributed by atoms with van der Waals surface area (Å²) in [4.78, 5) is 2.67. The maximum atomic E-state index is 11.3. The summed E-state index contributed by atoms with van der Waals surface area (Å²) < 4.78 is 11.3. The van der Waals surface area contributed by atoms with Crippen molar-refractivity contribution in [2.75, 3.05) is 24.6 Å². The van der Waals surface area contributed by atoms with Crippen LogP contribution in [0, 0.1) is 0 Å². The molecule has 3 fully saturated rings. The number of piperidine rings is 1. The molecule has 0 amide bonds. The predicted octanol–water partition coefficient (Wildman–Crippen LogP) is 1.11. The van der Waals surface area contributed by atoms with Gasteiger partial charge in [0.25, 0.3) is 0 Å². The first-order valence-electron chi connectivity index (χ1n) is 7.16. The van der Waals surface area contributed by atoms with Crippen LogP contribution in [0.3, 0.4) is 0 Å². The second-order valence-corrected chi connectivity index (χ2v) is 7.54. The topological polar surface area (TPSA) is 32.3 Å². The Labute approximate surface area is 107 Å². The van der Waals surface area contributed by atoms with Crippen LogP contribution in [-0.2, 0) is 10.8 Å². The maximum Gasteiger partial charge on any atom is 0.0249 e. The molecule has 0 aliphatic carbocycles. The van der Waals surface area contributed by atoms with E-state index in [0.717, 1.165) is 36.4 Å². The third-order valence-electron chi connectivity index (χ3n) is 4.68. The van der Waals surface area contributed by atoms with Gasteiger partial charge in [-0.2, -0.15) is 0 Å². The fraction of sp³-hybridized carbons (Fsp3) is 1.00. The summed E-state index contributed by atoms with van der Waals surface area (Å²) in [7, 11) is -0.520. The molecule has 3 rings (SSSR count). The smallest absolute Gasteiger partial charge is 0.0249 e. The van der Waals surface area contributed by atoms with Crippen molar-refractivity contribution in [2.24, 2.45) is 0 Å². The van der Waals surface area contributed by atoms with Crippen LogP contribution in [-0.4, -0.2) is 51.8 Å². The van der Waals surface area contributed by atoms with Gasteiger partial charge in [-0.3, -0.25) is 4.21 Å². The summed E-state index contributed by atoms with van der Waals surface area (Å²) in [6.07, 6.45) is 7.72. The summed E-state index contributed by atoms with van der Waals surface area (Å²) in [6.45, 7) is 2.63. The molecule has 0 aromatic heterocycles. The van der Waals surface area contributed by atoms with Gasteiger partial charge in [-0.1, -0.05) is 0 Å². The van der Waals surface area contributed by atoms with Crippen LogP contribution in [0.1, 0.15) is 38.5 Å². The Morgan fingerprint density at radius 1 is 1.00 bits per heavy atom. The molecule has 3 heterocycles. The van der Waals surface area contributed by atoms with Crippen molar-refractivity contribution in [3.8, 4) is 0 Å². The summed E-state index contributed by atoms with van der Waals surface area (Å²) in [5.74, 6) is 1.83. The van der Waals surface area contributed by atoms with Crippen LogP contribution >= 0.6 is 0 Å². The highest BCUT2D eigenvalue weighted by molar-refractivity contribution is 7.85. The maximum absolute atomic E-state index is 11.3. The van der Waals surface area contributed by atoms with Crippen LogP contribution < -0.4 is 5.32 Å². The zero-order valence-corrected chi connectivity index (χ0v) is 11.4. The number of nitrogens with one attached hydrogen (secondary N) is 1. The lowest BCUT2D eigenvalue weighted by atomic mass is 9.96. The van der Waals surface area contributed by atoms with Gasteiger partial charge in [0, 0.05) is 40.4 Å². The first-order valence-corrected chi connectivity index (χ1v) is 8.65. The third-order valence-corrected chi connectivity index (χ3v) is 6.06. The van der Waals surface area contributed by atoms with E-state index in [-0.39, 0.29) is 0 Å². The Kier molecular flexibility index (Phi) is 3.83. The lowest BCUT2D eigenvalue weighted by molar-refractivity contribution is 0.159. The van der Waals surface area contributed by atoms with Gasteiger partial charge in [0.2, 0.25) is 0 Å². The van der Waals surface area contributed by atoms with E-state index in [1.165, 1.54) is 38.8 Å². The average Bonchev–Trinajstić information content (AvgIpc) is 2.79. The standard InChI is InChI=1S/C13H24N2OS/c16-17-8-4-11(5-9-17)14-12-3-7-15-6-1-2-13(15)10-12/h11-14H,1-10H2. The Morgan fingerprint density at radius 3 is 2.65 bits per heavy atom. The molecule has 0 aromatic carbocycles. The summed E-state index contributed by atoms with van der Waals surface area (Å²) in [5, 5.41) is 3.83. The SMILES string of the molecule is O=S1CCC(NC2CCN3CCCC3C2)CC1. The number of nitrogens with zero attached hydrogens (tertiary/aromatic N) is 1. The van der Waals surface area contributed by atoms with Gasteiger partial charge in [-0.25, -0.2) is 0 Å². The molecule has 0 saturated carbocycles. The van der Waals surface area contributed by atoms with Crippen LogP contribution in [0.5, 0.6) is 0 Å². The van der Waals surface area contributed by atoms with E-state index in [9.17, 15) is 4.21 Å². The molecule has 3 nitrogen and oxygen atoms in total. The predicted molar refractivity (Wildman–Crippen MR) is 71.7 cm³/mol. The molecule has 98 valence electrons. The van der Waals surface area contributed by atoms with Crippen LogP contribution in [0.4, 0.5) is 0 Å². The average molecular weight is 256 g/mol. The largest absolute Gasteiger partial charge is 0.311 e. The Morgan fingerprint density at radius 2 is 1.82 bits per heavy atom. The first-order chi connectivity index (χ1) is 8.31. The van der Waals surface area contributed by atoms with Gasteiger partial charge in [-0.15, -0.1) is 0 Å². The molecule has 0 spiro atoms. The lowest BCUT2D eigenvalue weighted by Crippen LogP contribution is -2.49. The van der Waals surface area contributed by atoms with E-state index in [4.69, 9.17) is 0 Å². The van der Waals surface area contributed by atoms with E-state index in [0.29, 0.717) is 6.04 Å². The zero-order chi connectivity index (χ0) is 11.7. The van der Waals surface area contributed by atoms with E-state index >= 15 is 0 Å². The number of hydrogen-bond donors (Lipinski definition) is 1. The number of fused-ring (bicyclic) bond motifs is 1. The van der Waals surface area contributed by atoms with Crippen molar-refractivity contribution in [1.82, 2.24) is 10.2 Å². The van der Waals surface area contributed by atoms with Crippen molar-refractivity contribution in [1.29, 1.82) is 0 Å². The minimum Gasteiger partial charge on any atom is -0.311 e. The second-order valence-electron chi connectivity index (χ2n) is 5.84. The number of rotatable bonds is 2. The van der Waals surface area contributed by atoms with E-state index in [2.05, 4.69) is 10.2 Å². The minimum atomic E-state index is -0.520. The Balaban J connectivity index is 1.47.